The fraction of sp³-hybridized carbons (Fsp3) is 0.278. The lowest BCUT2D eigenvalue weighted by molar-refractivity contribution is -0.118. The lowest BCUT2D eigenvalue weighted by Crippen LogP contribution is -2.31. The molecule has 0 saturated carbocycles. The van der Waals surface area contributed by atoms with Gasteiger partial charge in [-0.15, -0.1) is 0 Å². The normalized spacial score (nSPS) is 18.6. The SMILES string of the molecule is [2H]C([2H])(N[C@]([2H])(C(C)=O)C([2H])([2H])[2H])c1ccc(OCc2cccc(F)c2)cc1. The molecular formula is C18H20FNO2. The summed E-state index contributed by atoms with van der Waals surface area (Å²) in [6.45, 7) is -4.48. The molecule has 0 amide bonds. The summed E-state index contributed by atoms with van der Waals surface area (Å²) >= 11 is 0. The zero-order valence-electron chi connectivity index (χ0n) is 18.0. The number of Topliss-reactive ketones (excluding diaryl/α,β-unsaturated/α-hetero) is 1. The van der Waals surface area contributed by atoms with E-state index in [1.165, 1.54) is 36.4 Å². The average molecular weight is 307 g/mol. The van der Waals surface area contributed by atoms with Gasteiger partial charge in [0.25, 0.3) is 0 Å². The van der Waals surface area contributed by atoms with E-state index in [1.54, 1.807) is 12.1 Å². The minimum atomic E-state index is -3.06. The molecular weight excluding hydrogens is 281 g/mol. The summed E-state index contributed by atoms with van der Waals surface area (Å²) in [5.41, 5.74) is 0.645. The molecule has 22 heavy (non-hydrogen) atoms. The van der Waals surface area contributed by atoms with Crippen molar-refractivity contribution >= 4 is 5.78 Å². The Hall–Kier alpha value is -2.20. The van der Waals surface area contributed by atoms with Crippen LogP contribution >= 0.6 is 0 Å². The molecule has 116 valence electrons. The van der Waals surface area contributed by atoms with Crippen LogP contribution in [0.25, 0.3) is 0 Å². The number of carbonyl (C=O) groups is 1. The van der Waals surface area contributed by atoms with E-state index in [0.717, 1.165) is 6.92 Å². The highest BCUT2D eigenvalue weighted by Crippen LogP contribution is 2.15. The second kappa shape index (κ2) is 7.71. The van der Waals surface area contributed by atoms with Gasteiger partial charge in [-0.3, -0.25) is 4.79 Å². The van der Waals surface area contributed by atoms with Crippen LogP contribution in [0.1, 0.15) is 33.1 Å². The van der Waals surface area contributed by atoms with Gasteiger partial charge in [0.1, 0.15) is 24.0 Å². The van der Waals surface area contributed by atoms with Crippen LogP contribution in [0, 0.1) is 5.82 Å². The number of nitrogens with one attached hydrogen (secondary N) is 1. The second-order valence-corrected chi connectivity index (χ2v) is 4.62. The zero-order valence-corrected chi connectivity index (χ0v) is 12.0. The van der Waals surface area contributed by atoms with E-state index in [4.69, 9.17) is 13.0 Å². The first-order valence-corrected chi connectivity index (χ1v) is 6.63. The van der Waals surface area contributed by atoms with Crippen molar-refractivity contribution in [3.63, 3.8) is 0 Å². The van der Waals surface area contributed by atoms with Crippen LogP contribution in [0.2, 0.25) is 0 Å². The third-order valence-corrected chi connectivity index (χ3v) is 2.83. The Balaban J connectivity index is 2.13. The number of halogens is 1. The van der Waals surface area contributed by atoms with Crippen molar-refractivity contribution in [2.24, 2.45) is 0 Å². The topological polar surface area (TPSA) is 38.3 Å². The number of benzene rings is 2. The van der Waals surface area contributed by atoms with Crippen molar-refractivity contribution in [3.05, 3.63) is 65.5 Å². The van der Waals surface area contributed by atoms with Gasteiger partial charge in [0.2, 0.25) is 0 Å². The number of carbonyl (C=O) groups excluding carboxylic acids is 1. The first-order chi connectivity index (χ1) is 12.8. The molecule has 0 aliphatic carbocycles. The van der Waals surface area contributed by atoms with Crippen molar-refractivity contribution in [2.45, 2.75) is 32.9 Å². The highest BCUT2D eigenvalue weighted by Gasteiger charge is 2.06. The van der Waals surface area contributed by atoms with E-state index in [-0.39, 0.29) is 18.0 Å². The molecule has 0 aliphatic heterocycles. The standard InChI is InChI=1S/C18H20FNO2/c1-13(14(2)21)20-11-15-6-8-18(9-7-15)22-12-16-4-3-5-17(19)10-16/h3-10,13,20H,11-12H2,1-2H3/t13-/m0/s1/i1D3,11D2,13D. The first kappa shape index (κ1) is 9.74. The van der Waals surface area contributed by atoms with Gasteiger partial charge in [0, 0.05) is 13.4 Å². The minimum Gasteiger partial charge on any atom is -0.489 e. The van der Waals surface area contributed by atoms with E-state index in [9.17, 15) is 9.18 Å². The minimum absolute atomic E-state index is 0.0210. The third-order valence-electron chi connectivity index (χ3n) is 2.83. The van der Waals surface area contributed by atoms with Gasteiger partial charge in [-0.2, -0.15) is 0 Å². The van der Waals surface area contributed by atoms with Crippen molar-refractivity contribution in [1.29, 1.82) is 0 Å². The fourth-order valence-corrected chi connectivity index (χ4v) is 1.65. The van der Waals surface area contributed by atoms with Crippen LogP contribution in [-0.4, -0.2) is 11.8 Å². The Morgan fingerprint density at radius 2 is 2.14 bits per heavy atom. The van der Waals surface area contributed by atoms with Crippen molar-refractivity contribution < 1.29 is 22.1 Å². The lowest BCUT2D eigenvalue weighted by atomic mass is 10.2. The maximum absolute atomic E-state index is 13.2. The van der Waals surface area contributed by atoms with Gasteiger partial charge >= 0.3 is 0 Å². The van der Waals surface area contributed by atoms with Crippen LogP contribution in [0.4, 0.5) is 4.39 Å². The quantitative estimate of drug-likeness (QED) is 0.851. The number of hydrogen-bond donors (Lipinski definition) is 1. The predicted molar refractivity (Wildman–Crippen MR) is 84.2 cm³/mol. The summed E-state index contributed by atoms with van der Waals surface area (Å²) in [6, 6.07) is 8.76. The molecule has 0 spiro atoms. The second-order valence-electron chi connectivity index (χ2n) is 4.62. The molecule has 0 saturated heterocycles. The zero-order chi connectivity index (χ0) is 21.2. The molecule has 1 atom stereocenters. The van der Waals surface area contributed by atoms with E-state index in [0.29, 0.717) is 11.3 Å². The highest BCUT2D eigenvalue weighted by molar-refractivity contribution is 5.80. The van der Waals surface area contributed by atoms with Gasteiger partial charge in [-0.05, 0) is 49.2 Å². The molecule has 0 radical (unpaired) electrons. The first-order valence-electron chi connectivity index (χ1n) is 9.63. The fourth-order valence-electron chi connectivity index (χ4n) is 1.65. The van der Waals surface area contributed by atoms with E-state index in [1.807, 2.05) is 5.32 Å². The highest BCUT2D eigenvalue weighted by atomic mass is 19.1. The molecule has 0 aromatic heterocycles. The number of ketones is 1. The van der Waals surface area contributed by atoms with E-state index >= 15 is 0 Å². The van der Waals surface area contributed by atoms with Crippen LogP contribution < -0.4 is 10.1 Å². The molecule has 2 rings (SSSR count). The van der Waals surface area contributed by atoms with Crippen LogP contribution in [0.3, 0.4) is 0 Å². The molecule has 0 bridgehead atoms. The summed E-state index contributed by atoms with van der Waals surface area (Å²) in [5, 5.41) is 2.01. The van der Waals surface area contributed by atoms with Gasteiger partial charge in [-0.1, -0.05) is 24.3 Å². The summed E-state index contributed by atoms with van der Waals surface area (Å²) in [5.74, 6) is -1.01. The Bertz CT molecular complexity index is 841. The number of rotatable bonds is 7. The van der Waals surface area contributed by atoms with Crippen LogP contribution in [0.15, 0.2) is 48.5 Å². The molecule has 0 unspecified atom stereocenters. The maximum Gasteiger partial charge on any atom is 0.146 e. The predicted octanol–water partition coefficient (Wildman–Crippen LogP) is 3.47. The van der Waals surface area contributed by atoms with Gasteiger partial charge in [0.15, 0.2) is 0 Å². The maximum atomic E-state index is 13.2. The summed E-state index contributed by atoms with van der Waals surface area (Å²) in [4.78, 5) is 11.7. The van der Waals surface area contributed by atoms with Crippen LogP contribution in [-0.2, 0) is 17.9 Å². The van der Waals surface area contributed by atoms with Crippen molar-refractivity contribution in [3.8, 4) is 5.75 Å². The Labute approximate surface area is 138 Å². The molecule has 1 N–H and O–H groups in total. The van der Waals surface area contributed by atoms with Crippen molar-refractivity contribution in [1.82, 2.24) is 5.32 Å². The third kappa shape index (κ3) is 4.97. The smallest absolute Gasteiger partial charge is 0.146 e. The van der Waals surface area contributed by atoms with Gasteiger partial charge < -0.3 is 10.1 Å². The number of ether oxygens (including phenoxy) is 1. The van der Waals surface area contributed by atoms with Gasteiger partial charge in [0.05, 0.1) is 7.39 Å². The molecule has 4 heteroatoms. The van der Waals surface area contributed by atoms with Gasteiger partial charge in [-0.25, -0.2) is 4.39 Å². The molecule has 3 nitrogen and oxygen atoms in total. The average Bonchev–Trinajstić information content (AvgIpc) is 2.59. The summed E-state index contributed by atoms with van der Waals surface area (Å²) < 4.78 is 65.0. The largest absolute Gasteiger partial charge is 0.489 e. The Kier molecular flexibility index (Phi) is 3.41. The van der Waals surface area contributed by atoms with Crippen LogP contribution in [0.5, 0.6) is 5.75 Å². The Morgan fingerprint density at radius 3 is 2.77 bits per heavy atom. The van der Waals surface area contributed by atoms with Crippen molar-refractivity contribution in [2.75, 3.05) is 0 Å². The monoisotopic (exact) mass is 307 g/mol. The Morgan fingerprint density at radius 1 is 1.36 bits per heavy atom. The van der Waals surface area contributed by atoms with E-state index < -0.39 is 25.1 Å². The van der Waals surface area contributed by atoms with E-state index in [2.05, 4.69) is 0 Å². The molecule has 0 aliphatic rings. The molecule has 0 fully saturated rings. The summed E-state index contributed by atoms with van der Waals surface area (Å²) in [7, 11) is 0. The summed E-state index contributed by atoms with van der Waals surface area (Å²) in [6.07, 6.45) is 0. The lowest BCUT2D eigenvalue weighted by Gasteiger charge is -2.11. The molecule has 2 aromatic carbocycles. The molecule has 2 aromatic rings. The number of hydrogen-bond acceptors (Lipinski definition) is 3. The molecule has 0 heterocycles.